The van der Waals surface area contributed by atoms with Crippen molar-refractivity contribution in [3.63, 3.8) is 0 Å². The van der Waals surface area contributed by atoms with Crippen molar-refractivity contribution >= 4 is 15.9 Å². The van der Waals surface area contributed by atoms with Crippen molar-refractivity contribution < 1.29 is 13.2 Å². The van der Waals surface area contributed by atoms with Crippen LogP contribution >= 0.6 is 0 Å². The molecule has 1 aliphatic rings. The lowest BCUT2D eigenvalue weighted by molar-refractivity contribution is -0.131. The maximum Gasteiger partial charge on any atom is 0.242 e. The van der Waals surface area contributed by atoms with Crippen molar-refractivity contribution in [2.75, 3.05) is 33.7 Å². The molecule has 0 aliphatic carbocycles. The summed E-state index contributed by atoms with van der Waals surface area (Å²) in [4.78, 5) is 14.8. The predicted octanol–water partition coefficient (Wildman–Crippen LogP) is 1.24. The summed E-state index contributed by atoms with van der Waals surface area (Å²) >= 11 is 0. The predicted molar refractivity (Wildman–Crippen MR) is 94.1 cm³/mol. The Hall–Kier alpha value is -1.44. The second kappa shape index (κ2) is 6.82. The van der Waals surface area contributed by atoms with Crippen LogP contribution in [0, 0.1) is 5.41 Å². The number of sulfonamides is 1. The van der Waals surface area contributed by atoms with E-state index in [9.17, 15) is 13.2 Å². The van der Waals surface area contributed by atoms with Crippen LogP contribution in [0.2, 0.25) is 0 Å². The van der Waals surface area contributed by atoms with Crippen LogP contribution in [0.4, 0.5) is 0 Å². The quantitative estimate of drug-likeness (QED) is 0.863. The summed E-state index contributed by atoms with van der Waals surface area (Å²) in [5.74, 6) is -0.239. The minimum Gasteiger partial charge on any atom is -0.342 e. The first-order valence-corrected chi connectivity index (χ1v) is 9.56. The van der Waals surface area contributed by atoms with E-state index < -0.39 is 10.0 Å². The van der Waals surface area contributed by atoms with Gasteiger partial charge in [0.2, 0.25) is 15.9 Å². The molecule has 2 rings (SSSR count). The van der Waals surface area contributed by atoms with Gasteiger partial charge in [-0.05, 0) is 43.0 Å². The Morgan fingerprint density at radius 3 is 2.38 bits per heavy atom. The summed E-state index contributed by atoms with van der Waals surface area (Å²) in [5.41, 5.74) is 6.62. The van der Waals surface area contributed by atoms with E-state index in [4.69, 9.17) is 5.73 Å². The summed E-state index contributed by atoms with van der Waals surface area (Å²) in [6, 6.07) is 6.55. The van der Waals surface area contributed by atoms with Gasteiger partial charge in [-0.3, -0.25) is 4.79 Å². The average molecular weight is 353 g/mol. The van der Waals surface area contributed by atoms with Gasteiger partial charge in [-0.2, -0.15) is 0 Å². The minimum absolute atomic E-state index is 0.000966. The van der Waals surface area contributed by atoms with Gasteiger partial charge in [0.1, 0.15) is 0 Å². The van der Waals surface area contributed by atoms with E-state index in [1.54, 1.807) is 24.3 Å². The van der Waals surface area contributed by atoms with Crippen LogP contribution in [-0.4, -0.2) is 57.3 Å². The second-order valence-electron chi connectivity index (χ2n) is 7.10. The van der Waals surface area contributed by atoms with E-state index in [2.05, 4.69) is 6.92 Å². The number of nitrogens with two attached hydrogens (primary N) is 1. The molecule has 1 fully saturated rings. The van der Waals surface area contributed by atoms with E-state index in [1.807, 2.05) is 11.8 Å². The molecule has 1 aromatic rings. The van der Waals surface area contributed by atoms with E-state index in [1.165, 1.54) is 18.4 Å². The van der Waals surface area contributed by atoms with Gasteiger partial charge < -0.3 is 10.6 Å². The molecule has 1 saturated heterocycles. The number of nitrogens with zero attached hydrogens (tertiary/aromatic N) is 2. The highest BCUT2D eigenvalue weighted by molar-refractivity contribution is 7.89. The van der Waals surface area contributed by atoms with Crippen LogP contribution in [0.1, 0.15) is 31.7 Å². The number of rotatable bonds is 5. The molecule has 1 heterocycles. The number of hydrogen-bond donors (Lipinski definition) is 1. The molecule has 1 aromatic carbocycles. The van der Waals surface area contributed by atoms with Crippen molar-refractivity contribution in [3.05, 3.63) is 29.8 Å². The van der Waals surface area contributed by atoms with Crippen molar-refractivity contribution in [1.82, 2.24) is 9.21 Å². The third-order valence-corrected chi connectivity index (χ3v) is 6.72. The highest BCUT2D eigenvalue weighted by Crippen LogP contribution is 2.31. The molecule has 0 bridgehead atoms. The molecular weight excluding hydrogens is 326 g/mol. The van der Waals surface area contributed by atoms with Gasteiger partial charge in [-0.25, -0.2) is 12.7 Å². The van der Waals surface area contributed by atoms with Crippen LogP contribution in [0.15, 0.2) is 29.2 Å². The number of hydrogen-bond acceptors (Lipinski definition) is 4. The lowest BCUT2D eigenvalue weighted by Gasteiger charge is -2.25. The van der Waals surface area contributed by atoms with Crippen molar-refractivity contribution in [1.29, 1.82) is 0 Å². The Morgan fingerprint density at radius 1 is 1.33 bits per heavy atom. The van der Waals surface area contributed by atoms with Gasteiger partial charge in [0.25, 0.3) is 0 Å². The van der Waals surface area contributed by atoms with Crippen LogP contribution in [-0.2, 0) is 14.8 Å². The van der Waals surface area contributed by atoms with E-state index in [-0.39, 0.29) is 22.1 Å². The highest BCUT2D eigenvalue weighted by atomic mass is 32.2. The van der Waals surface area contributed by atoms with E-state index in [0.29, 0.717) is 13.1 Å². The van der Waals surface area contributed by atoms with E-state index in [0.717, 1.165) is 18.5 Å². The molecule has 134 valence electrons. The molecule has 2 atom stereocenters. The Kier molecular flexibility index (Phi) is 5.37. The molecule has 0 saturated carbocycles. The van der Waals surface area contributed by atoms with Gasteiger partial charge >= 0.3 is 0 Å². The highest BCUT2D eigenvalue weighted by Gasteiger charge is 2.36. The summed E-state index contributed by atoms with van der Waals surface area (Å²) in [6.45, 7) is 5.94. The lowest BCUT2D eigenvalue weighted by Crippen LogP contribution is -2.36. The summed E-state index contributed by atoms with van der Waals surface area (Å²) in [5, 5.41) is 0. The summed E-state index contributed by atoms with van der Waals surface area (Å²) < 4.78 is 25.4. The van der Waals surface area contributed by atoms with Crippen LogP contribution in [0.5, 0.6) is 0 Å². The fourth-order valence-corrected chi connectivity index (χ4v) is 3.84. The van der Waals surface area contributed by atoms with Crippen molar-refractivity contribution in [2.45, 2.75) is 31.1 Å². The van der Waals surface area contributed by atoms with Crippen LogP contribution in [0.25, 0.3) is 0 Å². The van der Waals surface area contributed by atoms with Crippen molar-refractivity contribution in [3.8, 4) is 0 Å². The Labute approximate surface area is 144 Å². The average Bonchev–Trinajstić information content (AvgIpc) is 2.96. The summed E-state index contributed by atoms with van der Waals surface area (Å²) in [6.07, 6.45) is 0.919. The van der Waals surface area contributed by atoms with Crippen LogP contribution in [0.3, 0.4) is 0 Å². The first kappa shape index (κ1) is 18.9. The minimum atomic E-state index is -3.45. The Balaban J connectivity index is 2.13. The standard InChI is InChI=1S/C17H27N3O3S/c1-13(16(21)20-10-9-17(2,11-18)12-20)14-5-7-15(8-6-14)24(22,23)19(3)4/h5-8,13H,9-12,18H2,1-4H3. The lowest BCUT2D eigenvalue weighted by atomic mass is 9.90. The number of likely N-dealkylation sites (tertiary alicyclic amines) is 1. The third-order valence-electron chi connectivity index (χ3n) is 4.89. The smallest absolute Gasteiger partial charge is 0.242 e. The molecule has 0 radical (unpaired) electrons. The Morgan fingerprint density at radius 2 is 1.92 bits per heavy atom. The number of benzene rings is 1. The summed E-state index contributed by atoms with van der Waals surface area (Å²) in [7, 11) is -0.455. The number of carbonyl (C=O) groups is 1. The maximum absolute atomic E-state index is 12.7. The first-order valence-electron chi connectivity index (χ1n) is 8.12. The third kappa shape index (κ3) is 3.63. The van der Waals surface area contributed by atoms with E-state index >= 15 is 0 Å². The topological polar surface area (TPSA) is 83.7 Å². The maximum atomic E-state index is 12.7. The fraction of sp³-hybridized carbons (Fsp3) is 0.588. The fourth-order valence-electron chi connectivity index (χ4n) is 2.93. The largest absolute Gasteiger partial charge is 0.342 e. The zero-order valence-corrected chi connectivity index (χ0v) is 15.6. The molecule has 0 spiro atoms. The van der Waals surface area contributed by atoms with Crippen molar-refractivity contribution in [2.24, 2.45) is 11.1 Å². The van der Waals surface area contributed by atoms with Gasteiger partial charge in [-0.1, -0.05) is 19.1 Å². The van der Waals surface area contributed by atoms with Crippen LogP contribution < -0.4 is 5.73 Å². The number of carbonyl (C=O) groups excluding carboxylic acids is 1. The first-order chi connectivity index (χ1) is 11.1. The second-order valence-corrected chi connectivity index (χ2v) is 9.25. The molecule has 1 amide bonds. The van der Waals surface area contributed by atoms with Gasteiger partial charge in [0.15, 0.2) is 0 Å². The normalized spacial score (nSPS) is 22.8. The van der Waals surface area contributed by atoms with Gasteiger partial charge in [0.05, 0.1) is 10.8 Å². The molecule has 24 heavy (non-hydrogen) atoms. The molecule has 2 N–H and O–H groups in total. The molecule has 0 aromatic heterocycles. The van der Waals surface area contributed by atoms with Gasteiger partial charge in [-0.15, -0.1) is 0 Å². The molecule has 1 aliphatic heterocycles. The molecule has 6 nitrogen and oxygen atoms in total. The zero-order valence-electron chi connectivity index (χ0n) is 14.8. The molecule has 2 unspecified atom stereocenters. The Bertz CT molecular complexity index is 700. The zero-order chi connectivity index (χ0) is 18.1. The monoisotopic (exact) mass is 353 g/mol. The molecule has 7 heteroatoms. The van der Waals surface area contributed by atoms with Gasteiger partial charge in [0, 0.05) is 27.2 Å². The SMILES string of the molecule is CC(C(=O)N1CCC(C)(CN)C1)c1ccc(S(=O)(=O)N(C)C)cc1. The molecular formula is C17H27N3O3S. The number of amides is 1.